The molecule has 1 saturated carbocycles. The third kappa shape index (κ3) is 2.02. The highest BCUT2D eigenvalue weighted by Crippen LogP contribution is 2.42. The molecule has 2 aliphatic rings. The van der Waals surface area contributed by atoms with Gasteiger partial charge in [0.15, 0.2) is 0 Å². The second-order valence-corrected chi connectivity index (χ2v) is 4.29. The van der Waals surface area contributed by atoms with Crippen LogP contribution in [0.25, 0.3) is 0 Å². The van der Waals surface area contributed by atoms with Gasteiger partial charge in [-0.2, -0.15) is 8.78 Å². The van der Waals surface area contributed by atoms with Crippen LogP contribution in [0.2, 0.25) is 0 Å². The Balaban J connectivity index is 1.77. The number of halogens is 4. The van der Waals surface area contributed by atoms with Crippen molar-refractivity contribution < 1.29 is 17.6 Å². The first-order valence-electron chi connectivity index (χ1n) is 5.07. The van der Waals surface area contributed by atoms with Gasteiger partial charge in [-0.3, -0.25) is 0 Å². The summed E-state index contributed by atoms with van der Waals surface area (Å²) >= 11 is 0. The summed E-state index contributed by atoms with van der Waals surface area (Å²) in [4.78, 5) is 0. The molecule has 0 amide bonds. The van der Waals surface area contributed by atoms with Gasteiger partial charge in [-0.25, -0.2) is 8.78 Å². The number of alkyl halides is 4. The Morgan fingerprint density at radius 2 is 2.13 bits per heavy atom. The average molecular weight is 223 g/mol. The van der Waals surface area contributed by atoms with Crippen molar-refractivity contribution in [1.29, 1.82) is 0 Å². The van der Waals surface area contributed by atoms with E-state index in [2.05, 4.69) is 5.32 Å². The zero-order valence-corrected chi connectivity index (χ0v) is 8.10. The molecule has 0 saturated heterocycles. The van der Waals surface area contributed by atoms with Crippen LogP contribution < -0.4 is 5.32 Å². The van der Waals surface area contributed by atoms with E-state index in [1.807, 2.05) is 12.2 Å². The second kappa shape index (κ2) is 3.77. The highest BCUT2D eigenvalue weighted by molar-refractivity contribution is 5.13. The lowest BCUT2D eigenvalue weighted by atomic mass is 9.71. The maximum absolute atomic E-state index is 12.6. The molecule has 1 nitrogen and oxygen atoms in total. The van der Waals surface area contributed by atoms with Gasteiger partial charge >= 0.3 is 12.3 Å². The van der Waals surface area contributed by atoms with Crippen molar-refractivity contribution in [2.24, 2.45) is 11.8 Å². The molecule has 0 radical (unpaired) electrons. The van der Waals surface area contributed by atoms with E-state index in [0.29, 0.717) is 5.92 Å². The van der Waals surface area contributed by atoms with Crippen LogP contribution in [0, 0.1) is 11.8 Å². The fraction of sp³-hybridized carbons (Fsp3) is 0.800. The summed E-state index contributed by atoms with van der Waals surface area (Å²) in [5.41, 5.74) is 0. The molecule has 3 atom stereocenters. The van der Waals surface area contributed by atoms with E-state index in [1.54, 1.807) is 0 Å². The summed E-state index contributed by atoms with van der Waals surface area (Å²) in [6.07, 6.45) is 2.25. The largest absolute Gasteiger partial charge is 0.319 e. The van der Waals surface area contributed by atoms with Gasteiger partial charge in [0.05, 0.1) is 6.54 Å². The van der Waals surface area contributed by atoms with Crippen LogP contribution in [-0.4, -0.2) is 24.9 Å². The molecule has 0 heterocycles. The third-order valence-corrected chi connectivity index (χ3v) is 3.28. The first kappa shape index (κ1) is 10.9. The van der Waals surface area contributed by atoms with Gasteiger partial charge in [-0.15, -0.1) is 0 Å². The molecule has 2 aliphatic carbocycles. The minimum Gasteiger partial charge on any atom is -0.308 e. The Morgan fingerprint density at radius 3 is 2.73 bits per heavy atom. The monoisotopic (exact) mass is 223 g/mol. The maximum Gasteiger partial charge on any atom is 0.319 e. The summed E-state index contributed by atoms with van der Waals surface area (Å²) in [7, 11) is 0. The number of fused-ring (bicyclic) bond motifs is 1. The van der Waals surface area contributed by atoms with Crippen molar-refractivity contribution in [3.05, 3.63) is 12.2 Å². The van der Waals surface area contributed by atoms with Crippen molar-refractivity contribution >= 4 is 0 Å². The lowest BCUT2D eigenvalue weighted by molar-refractivity contribution is -0.128. The molecular weight excluding hydrogens is 210 g/mol. The maximum atomic E-state index is 12.6. The second-order valence-electron chi connectivity index (χ2n) is 4.29. The number of rotatable bonds is 4. The highest BCUT2D eigenvalue weighted by atomic mass is 19.3. The van der Waals surface area contributed by atoms with E-state index >= 15 is 0 Å². The Hall–Kier alpha value is -0.580. The van der Waals surface area contributed by atoms with E-state index in [4.69, 9.17) is 0 Å². The van der Waals surface area contributed by atoms with Crippen molar-refractivity contribution in [1.82, 2.24) is 5.32 Å². The summed E-state index contributed by atoms with van der Waals surface area (Å²) < 4.78 is 48.9. The quantitative estimate of drug-likeness (QED) is 0.570. The zero-order chi connectivity index (χ0) is 11.1. The minimum atomic E-state index is -3.91. The molecule has 0 aliphatic heterocycles. The molecule has 2 rings (SSSR count). The SMILES string of the molecule is FC(F)C(F)(F)CNC1CC2CC=CC21. The fourth-order valence-electron chi connectivity index (χ4n) is 2.29. The number of nitrogens with one attached hydrogen (secondary N) is 1. The zero-order valence-electron chi connectivity index (χ0n) is 8.10. The summed E-state index contributed by atoms with van der Waals surface area (Å²) in [5.74, 6) is -3.09. The van der Waals surface area contributed by atoms with Gasteiger partial charge in [-0.1, -0.05) is 12.2 Å². The topological polar surface area (TPSA) is 12.0 Å². The highest BCUT2D eigenvalue weighted by Gasteiger charge is 2.45. The van der Waals surface area contributed by atoms with Crippen LogP contribution >= 0.6 is 0 Å². The van der Waals surface area contributed by atoms with Gasteiger partial charge in [0.2, 0.25) is 0 Å². The van der Waals surface area contributed by atoms with E-state index in [0.717, 1.165) is 12.8 Å². The predicted molar refractivity (Wildman–Crippen MR) is 48.1 cm³/mol. The Kier molecular flexibility index (Phi) is 2.75. The molecule has 1 fully saturated rings. The van der Waals surface area contributed by atoms with Gasteiger partial charge in [0, 0.05) is 6.04 Å². The van der Waals surface area contributed by atoms with E-state index in [-0.39, 0.29) is 12.0 Å². The normalized spacial score (nSPS) is 34.3. The summed E-state index contributed by atoms with van der Waals surface area (Å²) in [5, 5.41) is 2.53. The van der Waals surface area contributed by atoms with Crippen LogP contribution in [0.5, 0.6) is 0 Å². The predicted octanol–water partition coefficient (Wildman–Crippen LogP) is 2.44. The van der Waals surface area contributed by atoms with Crippen LogP contribution in [0.4, 0.5) is 17.6 Å². The molecule has 0 aromatic carbocycles. The van der Waals surface area contributed by atoms with E-state index < -0.39 is 18.9 Å². The lowest BCUT2D eigenvalue weighted by Gasteiger charge is -2.41. The van der Waals surface area contributed by atoms with Crippen molar-refractivity contribution in [3.8, 4) is 0 Å². The molecule has 0 bridgehead atoms. The Labute approximate surface area is 85.5 Å². The van der Waals surface area contributed by atoms with Gasteiger partial charge in [0.25, 0.3) is 0 Å². The molecule has 0 aromatic heterocycles. The molecule has 1 N–H and O–H groups in total. The van der Waals surface area contributed by atoms with Crippen LogP contribution in [0.3, 0.4) is 0 Å². The molecular formula is C10H13F4N. The Morgan fingerprint density at radius 1 is 1.40 bits per heavy atom. The van der Waals surface area contributed by atoms with Gasteiger partial charge < -0.3 is 5.32 Å². The van der Waals surface area contributed by atoms with Crippen LogP contribution in [0.15, 0.2) is 12.2 Å². The average Bonchev–Trinajstić information content (AvgIpc) is 2.47. The van der Waals surface area contributed by atoms with Crippen molar-refractivity contribution in [3.63, 3.8) is 0 Å². The number of hydrogen-bond donors (Lipinski definition) is 1. The standard InChI is InChI=1S/C10H13F4N/c11-9(12)10(13,14)5-15-8-4-6-2-1-3-7(6)8/h1,3,6-9,15H,2,4-5H2. The van der Waals surface area contributed by atoms with Crippen molar-refractivity contribution in [2.45, 2.75) is 31.2 Å². The fourth-order valence-corrected chi connectivity index (χ4v) is 2.29. The first-order valence-corrected chi connectivity index (χ1v) is 5.07. The molecule has 5 heteroatoms. The molecule has 0 aromatic rings. The summed E-state index contributed by atoms with van der Waals surface area (Å²) in [6.45, 7) is -0.924. The smallest absolute Gasteiger partial charge is 0.308 e. The number of hydrogen-bond acceptors (Lipinski definition) is 1. The van der Waals surface area contributed by atoms with E-state index in [1.165, 1.54) is 0 Å². The summed E-state index contributed by atoms with van der Waals surface area (Å²) in [6, 6.07) is -0.0432. The molecule has 15 heavy (non-hydrogen) atoms. The molecule has 3 unspecified atom stereocenters. The molecule has 0 spiro atoms. The van der Waals surface area contributed by atoms with E-state index in [9.17, 15) is 17.6 Å². The minimum absolute atomic E-state index is 0.0432. The first-order chi connectivity index (χ1) is 7.00. The number of allylic oxidation sites excluding steroid dienone is 1. The van der Waals surface area contributed by atoms with Crippen LogP contribution in [-0.2, 0) is 0 Å². The van der Waals surface area contributed by atoms with Gasteiger partial charge in [-0.05, 0) is 24.7 Å². The van der Waals surface area contributed by atoms with Gasteiger partial charge in [0.1, 0.15) is 0 Å². The van der Waals surface area contributed by atoms with Crippen molar-refractivity contribution in [2.75, 3.05) is 6.54 Å². The lowest BCUT2D eigenvalue weighted by Crippen LogP contribution is -2.52. The third-order valence-electron chi connectivity index (χ3n) is 3.28. The molecule has 86 valence electrons. The van der Waals surface area contributed by atoms with Crippen LogP contribution in [0.1, 0.15) is 12.8 Å². The Bertz CT molecular complexity index is 264.